The van der Waals surface area contributed by atoms with Crippen molar-refractivity contribution >= 4 is 21.4 Å². The Bertz CT molecular complexity index is 705. The first-order valence-corrected chi connectivity index (χ1v) is 8.18. The van der Waals surface area contributed by atoms with E-state index in [1.807, 2.05) is 0 Å². The molecule has 0 saturated heterocycles. The molecule has 3 atom stereocenters. The quantitative estimate of drug-likeness (QED) is 0.752. The second-order valence-corrected chi connectivity index (χ2v) is 7.24. The number of nitrogens with two attached hydrogens (primary N) is 1. The lowest BCUT2D eigenvalue weighted by atomic mass is 10.0. The molecule has 0 spiro atoms. The van der Waals surface area contributed by atoms with E-state index in [0.717, 1.165) is 18.2 Å². The predicted octanol–water partition coefficient (Wildman–Crippen LogP) is 1.02. The molecule has 128 valence electrons. The molecule has 1 saturated carbocycles. The zero-order valence-corrected chi connectivity index (χ0v) is 12.6. The Morgan fingerprint density at radius 3 is 2.48 bits per heavy atom. The second-order valence-electron chi connectivity index (χ2n) is 5.29. The van der Waals surface area contributed by atoms with Gasteiger partial charge in [-0.2, -0.15) is 13.2 Å². The standard InChI is InChI=1S/C13H15F3N2O4S/c14-13(15,16)23(21,22)8-3-1-2-7(6-8)18-12(20)9-4-5-10(19)11(9)17/h1-3,6,9-11,19H,4-5,17H2,(H,18,20)/t9-,10?,11?/m1/s1. The topological polar surface area (TPSA) is 109 Å². The molecule has 1 aliphatic carbocycles. The van der Waals surface area contributed by atoms with Crippen molar-refractivity contribution in [2.45, 2.75) is 35.4 Å². The molecule has 0 aliphatic heterocycles. The van der Waals surface area contributed by atoms with Crippen LogP contribution >= 0.6 is 0 Å². The van der Waals surface area contributed by atoms with E-state index in [4.69, 9.17) is 5.73 Å². The minimum absolute atomic E-state index is 0.0890. The smallest absolute Gasteiger partial charge is 0.391 e. The number of aliphatic hydroxyl groups excluding tert-OH is 1. The van der Waals surface area contributed by atoms with Gasteiger partial charge in [0.15, 0.2) is 0 Å². The summed E-state index contributed by atoms with van der Waals surface area (Å²) in [4.78, 5) is 11.1. The van der Waals surface area contributed by atoms with Crippen LogP contribution in [0.2, 0.25) is 0 Å². The number of hydrogen-bond acceptors (Lipinski definition) is 5. The van der Waals surface area contributed by atoms with E-state index in [9.17, 15) is 31.5 Å². The summed E-state index contributed by atoms with van der Waals surface area (Å²) in [6.07, 6.45) is -0.126. The highest BCUT2D eigenvalue weighted by Gasteiger charge is 2.47. The Morgan fingerprint density at radius 2 is 1.96 bits per heavy atom. The average Bonchev–Trinajstić information content (AvgIpc) is 2.78. The molecular weight excluding hydrogens is 337 g/mol. The molecule has 23 heavy (non-hydrogen) atoms. The number of benzene rings is 1. The van der Waals surface area contributed by atoms with Crippen LogP contribution in [0.15, 0.2) is 29.2 Å². The summed E-state index contributed by atoms with van der Waals surface area (Å²) in [5, 5.41) is 11.9. The van der Waals surface area contributed by atoms with Crippen molar-refractivity contribution in [2.24, 2.45) is 11.7 Å². The van der Waals surface area contributed by atoms with Crippen molar-refractivity contribution in [3.63, 3.8) is 0 Å². The highest BCUT2D eigenvalue weighted by Crippen LogP contribution is 2.32. The van der Waals surface area contributed by atoms with Gasteiger partial charge in [-0.15, -0.1) is 0 Å². The fraction of sp³-hybridized carbons (Fsp3) is 0.462. The summed E-state index contributed by atoms with van der Waals surface area (Å²) >= 11 is 0. The molecule has 6 nitrogen and oxygen atoms in total. The maximum absolute atomic E-state index is 12.5. The van der Waals surface area contributed by atoms with Crippen LogP contribution in [0.5, 0.6) is 0 Å². The molecule has 4 N–H and O–H groups in total. The van der Waals surface area contributed by atoms with Gasteiger partial charge in [0.25, 0.3) is 9.84 Å². The van der Waals surface area contributed by atoms with Crippen molar-refractivity contribution in [2.75, 3.05) is 5.32 Å². The van der Waals surface area contributed by atoms with Gasteiger partial charge in [0, 0.05) is 11.7 Å². The Kier molecular flexibility index (Phi) is 4.69. The zero-order valence-electron chi connectivity index (χ0n) is 11.7. The van der Waals surface area contributed by atoms with Crippen LogP contribution in [0.25, 0.3) is 0 Å². The lowest BCUT2D eigenvalue weighted by Gasteiger charge is -2.17. The summed E-state index contributed by atoms with van der Waals surface area (Å²) in [6.45, 7) is 0. The van der Waals surface area contributed by atoms with Crippen LogP contribution in [0, 0.1) is 5.92 Å². The number of hydrogen-bond donors (Lipinski definition) is 3. The van der Waals surface area contributed by atoms with Crippen molar-refractivity contribution in [3.05, 3.63) is 24.3 Å². The van der Waals surface area contributed by atoms with Crippen LogP contribution in [0.3, 0.4) is 0 Å². The van der Waals surface area contributed by atoms with Gasteiger partial charge in [-0.3, -0.25) is 4.79 Å². The number of alkyl halides is 3. The average molecular weight is 352 g/mol. The van der Waals surface area contributed by atoms with Crippen LogP contribution in [-0.2, 0) is 14.6 Å². The molecule has 2 rings (SSSR count). The molecule has 0 bridgehead atoms. The van der Waals surface area contributed by atoms with Crippen LogP contribution < -0.4 is 11.1 Å². The molecular formula is C13H15F3N2O4S. The first-order valence-electron chi connectivity index (χ1n) is 6.70. The first-order chi connectivity index (χ1) is 10.5. The van der Waals surface area contributed by atoms with Gasteiger partial charge in [0.05, 0.1) is 16.9 Å². The van der Waals surface area contributed by atoms with Crippen LogP contribution in [-0.4, -0.2) is 37.1 Å². The van der Waals surface area contributed by atoms with E-state index in [1.54, 1.807) is 0 Å². The molecule has 2 unspecified atom stereocenters. The summed E-state index contributed by atoms with van der Waals surface area (Å²) in [5.74, 6) is -1.26. The lowest BCUT2D eigenvalue weighted by molar-refractivity contribution is -0.120. The third kappa shape index (κ3) is 3.48. The number of amides is 1. The van der Waals surface area contributed by atoms with E-state index in [0.29, 0.717) is 12.8 Å². The molecule has 1 aromatic rings. The van der Waals surface area contributed by atoms with Gasteiger partial charge < -0.3 is 16.2 Å². The first kappa shape index (κ1) is 17.7. The number of rotatable bonds is 3. The largest absolute Gasteiger partial charge is 0.501 e. The Hall–Kier alpha value is -1.65. The van der Waals surface area contributed by atoms with E-state index in [1.165, 1.54) is 6.07 Å². The number of nitrogens with one attached hydrogen (secondary N) is 1. The van der Waals surface area contributed by atoms with Gasteiger partial charge in [-0.25, -0.2) is 8.42 Å². The van der Waals surface area contributed by atoms with Gasteiger partial charge in [-0.05, 0) is 31.0 Å². The van der Waals surface area contributed by atoms with E-state index >= 15 is 0 Å². The van der Waals surface area contributed by atoms with Crippen molar-refractivity contribution in [3.8, 4) is 0 Å². The van der Waals surface area contributed by atoms with Crippen LogP contribution in [0.1, 0.15) is 12.8 Å². The molecule has 1 aliphatic rings. The number of carbonyl (C=O) groups excluding carboxylic acids is 1. The molecule has 10 heteroatoms. The minimum Gasteiger partial charge on any atom is -0.391 e. The predicted molar refractivity (Wildman–Crippen MR) is 75.0 cm³/mol. The number of halogens is 3. The summed E-state index contributed by atoms with van der Waals surface area (Å²) < 4.78 is 60.3. The molecule has 0 heterocycles. The Labute approximate surface area is 130 Å². The summed E-state index contributed by atoms with van der Waals surface area (Å²) in [6, 6.07) is 3.13. The minimum atomic E-state index is -5.49. The molecule has 1 aromatic carbocycles. The third-order valence-electron chi connectivity index (χ3n) is 3.74. The zero-order chi connectivity index (χ0) is 17.4. The summed E-state index contributed by atoms with van der Waals surface area (Å²) in [5.41, 5.74) is 0.166. The molecule has 1 fully saturated rings. The van der Waals surface area contributed by atoms with Crippen LogP contribution in [0.4, 0.5) is 18.9 Å². The fourth-order valence-electron chi connectivity index (χ4n) is 2.42. The number of carbonyl (C=O) groups is 1. The second kappa shape index (κ2) is 6.10. The third-order valence-corrected chi connectivity index (χ3v) is 5.22. The van der Waals surface area contributed by atoms with E-state index < -0.39 is 44.2 Å². The fourth-order valence-corrected chi connectivity index (χ4v) is 3.23. The van der Waals surface area contributed by atoms with Crippen molar-refractivity contribution < 1.29 is 31.5 Å². The SMILES string of the molecule is NC1C(O)CC[C@H]1C(=O)Nc1cccc(S(=O)(=O)C(F)(F)F)c1. The monoisotopic (exact) mass is 352 g/mol. The Balaban J connectivity index is 2.20. The maximum Gasteiger partial charge on any atom is 0.501 e. The van der Waals surface area contributed by atoms with Gasteiger partial charge in [-0.1, -0.05) is 6.07 Å². The lowest BCUT2D eigenvalue weighted by Crippen LogP contribution is -2.40. The molecule has 0 radical (unpaired) electrons. The van der Waals surface area contributed by atoms with Gasteiger partial charge in [0.2, 0.25) is 5.91 Å². The van der Waals surface area contributed by atoms with Crippen molar-refractivity contribution in [1.29, 1.82) is 0 Å². The normalized spacial score (nSPS) is 25.3. The Morgan fingerprint density at radius 1 is 1.30 bits per heavy atom. The number of anilines is 1. The summed E-state index contributed by atoms with van der Waals surface area (Å²) in [7, 11) is -5.49. The van der Waals surface area contributed by atoms with E-state index in [-0.39, 0.29) is 5.69 Å². The molecule has 1 amide bonds. The number of aliphatic hydroxyl groups is 1. The highest BCUT2D eigenvalue weighted by atomic mass is 32.2. The maximum atomic E-state index is 12.5. The highest BCUT2D eigenvalue weighted by molar-refractivity contribution is 7.92. The van der Waals surface area contributed by atoms with E-state index in [2.05, 4.69) is 5.32 Å². The van der Waals surface area contributed by atoms with Gasteiger partial charge in [0.1, 0.15) is 0 Å². The van der Waals surface area contributed by atoms with Crippen molar-refractivity contribution in [1.82, 2.24) is 0 Å². The van der Waals surface area contributed by atoms with Gasteiger partial charge >= 0.3 is 5.51 Å². The number of sulfone groups is 1. The molecule has 0 aromatic heterocycles.